The van der Waals surface area contributed by atoms with Crippen molar-refractivity contribution in [2.75, 3.05) is 0 Å². The fraction of sp³-hybridized carbons (Fsp3) is 0.0833. The lowest BCUT2D eigenvalue weighted by atomic mass is 10.1. The zero-order valence-corrected chi connectivity index (χ0v) is 8.44. The summed E-state index contributed by atoms with van der Waals surface area (Å²) < 4.78 is 1.92. The molecule has 0 aliphatic carbocycles. The van der Waals surface area contributed by atoms with Gasteiger partial charge in [-0.3, -0.25) is 5.10 Å². The van der Waals surface area contributed by atoms with E-state index in [0.717, 1.165) is 11.3 Å². The molecule has 3 rings (SSSR count). The third-order valence-electron chi connectivity index (χ3n) is 2.62. The average Bonchev–Trinajstić information content (AvgIpc) is 2.77. The Morgan fingerprint density at radius 1 is 1.27 bits per heavy atom. The quantitative estimate of drug-likeness (QED) is 0.639. The maximum atomic E-state index is 4.23. The van der Waals surface area contributed by atoms with Crippen LogP contribution in [-0.4, -0.2) is 14.6 Å². The van der Waals surface area contributed by atoms with Crippen LogP contribution in [0.15, 0.2) is 42.7 Å². The number of aryl methyl sites for hydroxylation is 1. The van der Waals surface area contributed by atoms with Gasteiger partial charge in [0.05, 0.1) is 5.69 Å². The van der Waals surface area contributed by atoms with E-state index in [9.17, 15) is 0 Å². The third-order valence-corrected chi connectivity index (χ3v) is 2.62. The molecule has 0 saturated heterocycles. The Hall–Kier alpha value is -2.03. The van der Waals surface area contributed by atoms with Crippen molar-refractivity contribution in [2.24, 2.45) is 0 Å². The summed E-state index contributed by atoms with van der Waals surface area (Å²) in [7, 11) is 0. The Balaban J connectivity index is 2.22. The summed E-state index contributed by atoms with van der Waals surface area (Å²) in [6.07, 6.45) is 3.70. The van der Waals surface area contributed by atoms with Gasteiger partial charge in [-0.05, 0) is 12.5 Å². The minimum Gasteiger partial charge on any atom is -0.292 e. The van der Waals surface area contributed by atoms with E-state index >= 15 is 0 Å². The predicted molar refractivity (Wildman–Crippen MR) is 59.7 cm³/mol. The van der Waals surface area contributed by atoms with Crippen LogP contribution in [0.5, 0.6) is 0 Å². The fourth-order valence-electron chi connectivity index (χ4n) is 1.82. The van der Waals surface area contributed by atoms with Crippen LogP contribution in [0.25, 0.3) is 16.9 Å². The van der Waals surface area contributed by atoms with Gasteiger partial charge in [-0.2, -0.15) is 0 Å². The molecule has 0 aliphatic rings. The van der Waals surface area contributed by atoms with E-state index < -0.39 is 0 Å². The van der Waals surface area contributed by atoms with E-state index in [-0.39, 0.29) is 0 Å². The van der Waals surface area contributed by atoms with Crippen LogP contribution < -0.4 is 0 Å². The maximum Gasteiger partial charge on any atom is 0.153 e. The second-order valence-corrected chi connectivity index (χ2v) is 3.64. The van der Waals surface area contributed by atoms with E-state index in [1.807, 2.05) is 22.8 Å². The first-order chi connectivity index (χ1) is 7.34. The lowest BCUT2D eigenvalue weighted by Crippen LogP contribution is -1.84. The van der Waals surface area contributed by atoms with Gasteiger partial charge in [0, 0.05) is 24.0 Å². The smallest absolute Gasteiger partial charge is 0.153 e. The number of hydrogen-bond donors (Lipinski definition) is 1. The molecule has 0 saturated carbocycles. The standard InChI is InChI=1S/C12H11N3/c1-9-4-2-3-5-10(9)11-8-12-13-6-7-15(12)14-11/h2-8,14H,1H3. The zero-order valence-electron chi connectivity index (χ0n) is 8.44. The van der Waals surface area contributed by atoms with Crippen molar-refractivity contribution in [1.29, 1.82) is 0 Å². The normalized spacial score (nSPS) is 11.0. The summed E-state index contributed by atoms with van der Waals surface area (Å²) in [4.78, 5) is 4.23. The van der Waals surface area contributed by atoms with Gasteiger partial charge >= 0.3 is 0 Å². The summed E-state index contributed by atoms with van der Waals surface area (Å²) in [6, 6.07) is 10.4. The molecule has 3 aromatic rings. The number of nitrogens with one attached hydrogen (secondary N) is 1. The van der Waals surface area contributed by atoms with Crippen LogP contribution in [0, 0.1) is 6.92 Å². The van der Waals surface area contributed by atoms with Crippen molar-refractivity contribution in [3.8, 4) is 11.3 Å². The minimum atomic E-state index is 0.952. The molecule has 2 heterocycles. The summed E-state index contributed by atoms with van der Waals surface area (Å²) in [5.41, 5.74) is 4.55. The highest BCUT2D eigenvalue weighted by Gasteiger charge is 2.05. The molecule has 0 fully saturated rings. The molecular formula is C12H11N3. The molecule has 0 spiro atoms. The largest absolute Gasteiger partial charge is 0.292 e. The van der Waals surface area contributed by atoms with Gasteiger partial charge in [0.15, 0.2) is 5.65 Å². The van der Waals surface area contributed by atoms with Crippen molar-refractivity contribution in [2.45, 2.75) is 6.92 Å². The first-order valence-corrected chi connectivity index (χ1v) is 4.93. The monoisotopic (exact) mass is 197 g/mol. The van der Waals surface area contributed by atoms with Gasteiger partial charge in [0.2, 0.25) is 0 Å². The highest BCUT2D eigenvalue weighted by atomic mass is 15.3. The molecule has 3 nitrogen and oxygen atoms in total. The molecular weight excluding hydrogens is 186 g/mol. The van der Waals surface area contributed by atoms with Crippen LogP contribution in [0.2, 0.25) is 0 Å². The first kappa shape index (κ1) is 8.29. The predicted octanol–water partition coefficient (Wildman–Crippen LogP) is 2.64. The first-order valence-electron chi connectivity index (χ1n) is 4.93. The second-order valence-electron chi connectivity index (χ2n) is 3.64. The number of hydrogen-bond acceptors (Lipinski definition) is 1. The lowest BCUT2D eigenvalue weighted by molar-refractivity contribution is 0.977. The third kappa shape index (κ3) is 1.24. The highest BCUT2D eigenvalue weighted by molar-refractivity contribution is 5.67. The second kappa shape index (κ2) is 2.98. The van der Waals surface area contributed by atoms with Crippen LogP contribution >= 0.6 is 0 Å². The highest BCUT2D eigenvalue weighted by Crippen LogP contribution is 2.22. The van der Waals surface area contributed by atoms with Gasteiger partial charge in [0.1, 0.15) is 0 Å². The summed E-state index contributed by atoms with van der Waals surface area (Å²) >= 11 is 0. The molecule has 15 heavy (non-hydrogen) atoms. The van der Waals surface area contributed by atoms with Crippen molar-refractivity contribution < 1.29 is 0 Å². The lowest BCUT2D eigenvalue weighted by Gasteiger charge is -2.01. The molecule has 1 aromatic carbocycles. The number of fused-ring (bicyclic) bond motifs is 1. The number of aromatic nitrogens is 3. The Morgan fingerprint density at radius 2 is 2.13 bits per heavy atom. The van der Waals surface area contributed by atoms with E-state index in [4.69, 9.17) is 0 Å². The molecule has 1 N–H and O–H groups in total. The maximum absolute atomic E-state index is 4.23. The van der Waals surface area contributed by atoms with Gasteiger partial charge in [-0.15, -0.1) is 0 Å². The number of aromatic amines is 1. The Labute approximate surface area is 87.4 Å². The average molecular weight is 197 g/mol. The number of imidazole rings is 1. The van der Waals surface area contributed by atoms with Gasteiger partial charge in [-0.25, -0.2) is 9.50 Å². The molecule has 0 unspecified atom stereocenters. The molecule has 0 atom stereocenters. The minimum absolute atomic E-state index is 0.952. The van der Waals surface area contributed by atoms with Crippen LogP contribution in [-0.2, 0) is 0 Å². The van der Waals surface area contributed by atoms with E-state index in [2.05, 4.69) is 35.2 Å². The molecule has 0 bridgehead atoms. The molecule has 0 amide bonds. The van der Waals surface area contributed by atoms with Gasteiger partial charge in [-0.1, -0.05) is 24.3 Å². The topological polar surface area (TPSA) is 33.1 Å². The van der Waals surface area contributed by atoms with E-state index in [1.165, 1.54) is 11.1 Å². The van der Waals surface area contributed by atoms with Gasteiger partial charge < -0.3 is 0 Å². The van der Waals surface area contributed by atoms with Crippen LogP contribution in [0.3, 0.4) is 0 Å². The SMILES string of the molecule is Cc1ccccc1-c1cc2nccn2[nH]1. The number of benzene rings is 1. The van der Waals surface area contributed by atoms with Crippen molar-refractivity contribution in [3.63, 3.8) is 0 Å². The van der Waals surface area contributed by atoms with Crippen LogP contribution in [0.1, 0.15) is 5.56 Å². The Kier molecular flexibility index (Phi) is 1.65. The Morgan fingerprint density at radius 3 is 2.93 bits per heavy atom. The summed E-state index contributed by atoms with van der Waals surface area (Å²) in [6.45, 7) is 2.11. The van der Waals surface area contributed by atoms with Gasteiger partial charge in [0.25, 0.3) is 0 Å². The van der Waals surface area contributed by atoms with Crippen molar-refractivity contribution in [3.05, 3.63) is 48.3 Å². The number of rotatable bonds is 1. The number of H-pyrrole nitrogens is 1. The summed E-state index contributed by atoms with van der Waals surface area (Å²) in [5, 5.41) is 3.29. The van der Waals surface area contributed by atoms with E-state index in [0.29, 0.717) is 0 Å². The molecule has 0 radical (unpaired) electrons. The number of nitrogens with zero attached hydrogens (tertiary/aromatic N) is 2. The van der Waals surface area contributed by atoms with Crippen molar-refractivity contribution >= 4 is 5.65 Å². The molecule has 0 aliphatic heterocycles. The molecule has 3 heteroatoms. The Bertz CT molecular complexity index is 575. The van der Waals surface area contributed by atoms with Crippen molar-refractivity contribution in [1.82, 2.24) is 14.6 Å². The van der Waals surface area contributed by atoms with E-state index in [1.54, 1.807) is 6.20 Å². The molecule has 2 aromatic heterocycles. The fourth-order valence-corrected chi connectivity index (χ4v) is 1.82. The summed E-state index contributed by atoms with van der Waals surface area (Å²) in [5.74, 6) is 0. The zero-order chi connectivity index (χ0) is 10.3. The molecule has 74 valence electrons. The van der Waals surface area contributed by atoms with Crippen LogP contribution in [0.4, 0.5) is 0 Å².